The predicted octanol–water partition coefficient (Wildman–Crippen LogP) is 1.60. The summed E-state index contributed by atoms with van der Waals surface area (Å²) in [6.45, 7) is 2.07. The van der Waals surface area contributed by atoms with Crippen LogP contribution in [0.4, 0.5) is 0 Å². The summed E-state index contributed by atoms with van der Waals surface area (Å²) >= 11 is 5.39. The highest BCUT2D eigenvalue weighted by Gasteiger charge is 2.09. The Bertz CT molecular complexity index is 335. The smallest absolute Gasteiger partial charge is 0.295 e. The molecule has 1 aromatic heterocycles. The number of nitrogens with zero attached hydrogens (tertiary/aromatic N) is 1. The molecule has 76 valence electrons. The van der Waals surface area contributed by atoms with E-state index in [0.29, 0.717) is 12.0 Å². The normalized spacial score (nSPS) is 12.1. The third-order valence-electron chi connectivity index (χ3n) is 1.83. The number of ketones is 1. The van der Waals surface area contributed by atoms with Crippen molar-refractivity contribution in [2.45, 2.75) is 13.2 Å². The molecule has 0 N–H and O–H groups in total. The van der Waals surface area contributed by atoms with Crippen LogP contribution in [0.1, 0.15) is 23.5 Å². The third kappa shape index (κ3) is 2.35. The minimum atomic E-state index is -0.413. The van der Waals surface area contributed by atoms with Gasteiger partial charge in [0.25, 0.3) is 6.47 Å². The SMILES string of the molecule is CC(OC=O)n1ccc(C(=O)CCl)c1. The van der Waals surface area contributed by atoms with Crippen molar-refractivity contribution < 1.29 is 14.3 Å². The second-order valence-corrected chi connectivity index (χ2v) is 3.00. The molecule has 0 saturated heterocycles. The van der Waals surface area contributed by atoms with Gasteiger partial charge in [-0.3, -0.25) is 9.59 Å². The largest absolute Gasteiger partial charge is 0.444 e. The molecule has 0 aliphatic rings. The van der Waals surface area contributed by atoms with E-state index in [9.17, 15) is 9.59 Å². The molecular weight excluding hydrogens is 206 g/mol. The number of ether oxygens (including phenoxy) is 1. The van der Waals surface area contributed by atoms with Gasteiger partial charge in [-0.05, 0) is 13.0 Å². The molecule has 0 fully saturated rings. The fourth-order valence-electron chi connectivity index (χ4n) is 1.03. The van der Waals surface area contributed by atoms with Crippen LogP contribution < -0.4 is 0 Å². The van der Waals surface area contributed by atoms with Crippen LogP contribution in [0.25, 0.3) is 0 Å². The highest BCUT2D eigenvalue weighted by atomic mass is 35.5. The quantitative estimate of drug-likeness (QED) is 0.426. The average molecular weight is 216 g/mol. The highest BCUT2D eigenvalue weighted by Crippen LogP contribution is 2.10. The second-order valence-electron chi connectivity index (χ2n) is 2.74. The number of aromatic nitrogens is 1. The highest BCUT2D eigenvalue weighted by molar-refractivity contribution is 6.30. The van der Waals surface area contributed by atoms with Gasteiger partial charge in [-0.15, -0.1) is 11.6 Å². The Morgan fingerprint density at radius 3 is 3.07 bits per heavy atom. The van der Waals surface area contributed by atoms with Crippen LogP contribution in [0.2, 0.25) is 0 Å². The predicted molar refractivity (Wildman–Crippen MR) is 51.3 cm³/mol. The van der Waals surface area contributed by atoms with Crippen molar-refractivity contribution in [3.8, 4) is 0 Å². The van der Waals surface area contributed by atoms with Crippen molar-refractivity contribution >= 4 is 23.9 Å². The first-order valence-corrected chi connectivity index (χ1v) is 4.58. The van der Waals surface area contributed by atoms with Crippen LogP contribution in [0.3, 0.4) is 0 Å². The number of halogens is 1. The van der Waals surface area contributed by atoms with E-state index in [4.69, 9.17) is 16.3 Å². The second kappa shape index (κ2) is 4.81. The van der Waals surface area contributed by atoms with Gasteiger partial charge in [-0.25, -0.2) is 0 Å². The lowest BCUT2D eigenvalue weighted by Crippen LogP contribution is -2.06. The Morgan fingerprint density at radius 1 is 1.79 bits per heavy atom. The third-order valence-corrected chi connectivity index (χ3v) is 2.07. The van der Waals surface area contributed by atoms with E-state index in [1.807, 2.05) is 0 Å². The van der Waals surface area contributed by atoms with Crippen LogP contribution in [0, 0.1) is 0 Å². The summed E-state index contributed by atoms with van der Waals surface area (Å²) in [7, 11) is 0. The standard InChI is InChI=1S/C9H10ClNO3/c1-7(14-6-12)11-3-2-8(5-11)9(13)4-10/h2-3,5-7H,4H2,1H3. The Morgan fingerprint density at radius 2 is 2.50 bits per heavy atom. The summed E-state index contributed by atoms with van der Waals surface area (Å²) in [6.07, 6.45) is 2.84. The van der Waals surface area contributed by atoms with Gasteiger partial charge in [0.15, 0.2) is 12.0 Å². The summed E-state index contributed by atoms with van der Waals surface area (Å²) in [5.74, 6) is -0.198. The van der Waals surface area contributed by atoms with Crippen molar-refractivity contribution in [1.82, 2.24) is 4.57 Å². The van der Waals surface area contributed by atoms with Crippen molar-refractivity contribution in [1.29, 1.82) is 0 Å². The molecule has 0 aliphatic heterocycles. The molecule has 14 heavy (non-hydrogen) atoms. The molecule has 1 rings (SSSR count). The number of carbonyl (C=O) groups is 2. The molecule has 0 spiro atoms. The summed E-state index contributed by atoms with van der Waals surface area (Å²) < 4.78 is 6.31. The van der Waals surface area contributed by atoms with E-state index < -0.39 is 6.23 Å². The topological polar surface area (TPSA) is 48.3 Å². The molecular formula is C9H10ClNO3. The molecule has 1 atom stereocenters. The van der Waals surface area contributed by atoms with E-state index in [1.54, 1.807) is 30.0 Å². The minimum absolute atomic E-state index is 0.0487. The van der Waals surface area contributed by atoms with Crippen molar-refractivity contribution in [3.63, 3.8) is 0 Å². The van der Waals surface area contributed by atoms with Gasteiger partial charge in [-0.1, -0.05) is 0 Å². The summed E-state index contributed by atoms with van der Waals surface area (Å²) in [5, 5.41) is 0. The maximum Gasteiger partial charge on any atom is 0.295 e. The summed E-state index contributed by atoms with van der Waals surface area (Å²) in [6, 6.07) is 1.63. The number of hydrogen-bond acceptors (Lipinski definition) is 3. The minimum Gasteiger partial charge on any atom is -0.444 e. The van der Waals surface area contributed by atoms with Crippen LogP contribution in [0.15, 0.2) is 18.5 Å². The Kier molecular flexibility index (Phi) is 3.71. The molecule has 0 bridgehead atoms. The first kappa shape index (κ1) is 10.8. The van der Waals surface area contributed by atoms with Crippen molar-refractivity contribution in [3.05, 3.63) is 24.0 Å². The van der Waals surface area contributed by atoms with Gasteiger partial charge >= 0.3 is 0 Å². The zero-order valence-corrected chi connectivity index (χ0v) is 8.40. The first-order chi connectivity index (χ1) is 6.69. The molecule has 5 heteroatoms. The molecule has 0 saturated carbocycles. The molecule has 0 amide bonds. The van der Waals surface area contributed by atoms with Crippen LogP contribution >= 0.6 is 11.6 Å². The Hall–Kier alpha value is -1.29. The Balaban J connectivity index is 2.76. The summed E-state index contributed by atoms with van der Waals surface area (Å²) in [4.78, 5) is 21.2. The average Bonchev–Trinajstić information content (AvgIpc) is 2.66. The number of carbonyl (C=O) groups excluding carboxylic acids is 2. The van der Waals surface area contributed by atoms with Crippen LogP contribution in [-0.4, -0.2) is 22.7 Å². The lowest BCUT2D eigenvalue weighted by Gasteiger charge is -2.10. The molecule has 1 aromatic rings. The fraction of sp³-hybridized carbons (Fsp3) is 0.333. The molecule has 0 aliphatic carbocycles. The number of hydrogen-bond donors (Lipinski definition) is 0. The van der Waals surface area contributed by atoms with Gasteiger partial charge in [0.1, 0.15) is 0 Å². The molecule has 0 aromatic carbocycles. The van der Waals surface area contributed by atoms with E-state index in [-0.39, 0.29) is 11.7 Å². The molecule has 1 unspecified atom stereocenters. The Labute approximate surface area is 86.4 Å². The van der Waals surface area contributed by atoms with Gasteiger partial charge in [0.05, 0.1) is 5.88 Å². The number of rotatable bonds is 5. The van der Waals surface area contributed by atoms with Gasteiger partial charge in [0.2, 0.25) is 0 Å². The summed E-state index contributed by atoms with van der Waals surface area (Å²) in [5.41, 5.74) is 0.515. The lowest BCUT2D eigenvalue weighted by molar-refractivity contribution is -0.136. The number of Topliss-reactive ketones (excluding diaryl/α,β-unsaturated/α-hetero) is 1. The zero-order chi connectivity index (χ0) is 10.6. The molecule has 1 heterocycles. The monoisotopic (exact) mass is 215 g/mol. The van der Waals surface area contributed by atoms with Gasteiger partial charge in [-0.2, -0.15) is 0 Å². The molecule has 0 radical (unpaired) electrons. The van der Waals surface area contributed by atoms with Gasteiger partial charge in [0, 0.05) is 18.0 Å². The fourth-order valence-corrected chi connectivity index (χ4v) is 1.19. The maximum atomic E-state index is 11.2. The number of alkyl halides is 1. The maximum absolute atomic E-state index is 11.2. The van der Waals surface area contributed by atoms with Crippen LogP contribution in [0.5, 0.6) is 0 Å². The van der Waals surface area contributed by atoms with Crippen LogP contribution in [-0.2, 0) is 9.53 Å². The zero-order valence-electron chi connectivity index (χ0n) is 7.64. The van der Waals surface area contributed by atoms with Gasteiger partial charge < -0.3 is 9.30 Å². The van der Waals surface area contributed by atoms with E-state index >= 15 is 0 Å². The molecule has 4 nitrogen and oxygen atoms in total. The lowest BCUT2D eigenvalue weighted by atomic mass is 10.2. The van der Waals surface area contributed by atoms with Crippen molar-refractivity contribution in [2.24, 2.45) is 0 Å². The first-order valence-electron chi connectivity index (χ1n) is 4.04. The van der Waals surface area contributed by atoms with E-state index in [2.05, 4.69) is 0 Å². The van der Waals surface area contributed by atoms with E-state index in [0.717, 1.165) is 0 Å². The van der Waals surface area contributed by atoms with E-state index in [1.165, 1.54) is 0 Å². The van der Waals surface area contributed by atoms with Crippen molar-refractivity contribution in [2.75, 3.05) is 5.88 Å².